The number of hydrogen-bond donors (Lipinski definition) is 0. The van der Waals surface area contributed by atoms with Gasteiger partial charge in [-0.25, -0.2) is 9.97 Å². The number of rotatable bonds is 3. The molecule has 0 unspecified atom stereocenters. The molecule has 3 rings (SSSR count). The molecule has 0 N–H and O–H groups in total. The van der Waals surface area contributed by atoms with Crippen LogP contribution in [0.5, 0.6) is 0 Å². The van der Waals surface area contributed by atoms with E-state index in [0.717, 1.165) is 15.4 Å². The van der Waals surface area contributed by atoms with Gasteiger partial charge in [0.05, 0.1) is 5.75 Å². The summed E-state index contributed by atoms with van der Waals surface area (Å²) in [5.41, 5.74) is 0. The van der Waals surface area contributed by atoms with Gasteiger partial charge in [-0.3, -0.25) is 0 Å². The molecular formula is C10H8ClN5S2. The van der Waals surface area contributed by atoms with E-state index < -0.39 is 0 Å². The van der Waals surface area contributed by atoms with Gasteiger partial charge in [-0.05, 0) is 11.4 Å². The SMILES string of the molecule is Cn1cnnc1SCc1nc(Cl)c2ccsc2n1. The van der Waals surface area contributed by atoms with Gasteiger partial charge >= 0.3 is 0 Å². The van der Waals surface area contributed by atoms with E-state index in [4.69, 9.17) is 11.6 Å². The highest BCUT2D eigenvalue weighted by molar-refractivity contribution is 7.98. The lowest BCUT2D eigenvalue weighted by molar-refractivity contribution is 0.787. The number of fused-ring (bicyclic) bond motifs is 1. The Morgan fingerprint density at radius 3 is 3.11 bits per heavy atom. The molecule has 0 saturated heterocycles. The third-order valence-corrected chi connectivity index (χ3v) is 4.45. The standard InChI is InChI=1S/C10H8ClN5S2/c1-16-5-12-15-10(16)18-4-7-13-8(11)6-2-3-17-9(6)14-7/h2-3,5H,4H2,1H3. The second-order valence-corrected chi connectivity index (χ2v) is 5.78. The topological polar surface area (TPSA) is 56.5 Å². The maximum atomic E-state index is 6.11. The van der Waals surface area contributed by atoms with Crippen molar-refractivity contribution < 1.29 is 0 Å². The van der Waals surface area contributed by atoms with Crippen LogP contribution in [0.3, 0.4) is 0 Å². The lowest BCUT2D eigenvalue weighted by Gasteiger charge is -2.01. The van der Waals surface area contributed by atoms with Crippen LogP contribution in [0.4, 0.5) is 0 Å². The molecule has 0 aliphatic rings. The van der Waals surface area contributed by atoms with Crippen LogP contribution in [0.25, 0.3) is 10.2 Å². The Kier molecular flexibility index (Phi) is 3.19. The summed E-state index contributed by atoms with van der Waals surface area (Å²) >= 11 is 9.21. The number of nitrogens with zero attached hydrogens (tertiary/aromatic N) is 5. The Morgan fingerprint density at radius 1 is 1.44 bits per heavy atom. The van der Waals surface area contributed by atoms with Crippen molar-refractivity contribution in [3.8, 4) is 0 Å². The van der Waals surface area contributed by atoms with E-state index >= 15 is 0 Å². The minimum atomic E-state index is 0.509. The lowest BCUT2D eigenvalue weighted by Crippen LogP contribution is -1.95. The molecule has 5 nitrogen and oxygen atoms in total. The summed E-state index contributed by atoms with van der Waals surface area (Å²) in [6.45, 7) is 0. The summed E-state index contributed by atoms with van der Waals surface area (Å²) in [5, 5.41) is 12.0. The third-order valence-electron chi connectivity index (χ3n) is 2.33. The van der Waals surface area contributed by atoms with Gasteiger partial charge in [0.2, 0.25) is 0 Å². The van der Waals surface area contributed by atoms with Gasteiger partial charge in [-0.15, -0.1) is 21.5 Å². The highest BCUT2D eigenvalue weighted by atomic mass is 35.5. The molecule has 3 aromatic rings. The summed E-state index contributed by atoms with van der Waals surface area (Å²) in [6, 6.07) is 1.93. The fourth-order valence-corrected chi connectivity index (χ4v) is 3.29. The van der Waals surface area contributed by atoms with E-state index in [1.165, 1.54) is 11.8 Å². The van der Waals surface area contributed by atoms with Gasteiger partial charge in [-0.1, -0.05) is 23.4 Å². The van der Waals surface area contributed by atoms with Crippen LogP contribution in [-0.4, -0.2) is 24.7 Å². The Hall–Kier alpha value is -1.18. The van der Waals surface area contributed by atoms with Crippen LogP contribution < -0.4 is 0 Å². The van der Waals surface area contributed by atoms with E-state index in [1.807, 2.05) is 23.1 Å². The fourth-order valence-electron chi connectivity index (χ4n) is 1.46. The molecule has 0 aliphatic heterocycles. The van der Waals surface area contributed by atoms with Gasteiger partial charge in [0.25, 0.3) is 0 Å². The van der Waals surface area contributed by atoms with Crippen LogP contribution in [-0.2, 0) is 12.8 Å². The molecule has 0 radical (unpaired) electrons. The first-order valence-corrected chi connectivity index (χ1v) is 7.35. The molecule has 3 aromatic heterocycles. The molecule has 3 heterocycles. The molecule has 0 spiro atoms. The van der Waals surface area contributed by atoms with Crippen molar-refractivity contribution >= 4 is 44.9 Å². The van der Waals surface area contributed by atoms with Crippen LogP contribution in [0.1, 0.15) is 5.82 Å². The van der Waals surface area contributed by atoms with Crippen molar-refractivity contribution in [1.29, 1.82) is 0 Å². The number of thiophene rings is 1. The van der Waals surface area contributed by atoms with Crippen molar-refractivity contribution in [2.45, 2.75) is 10.9 Å². The van der Waals surface area contributed by atoms with Crippen molar-refractivity contribution in [1.82, 2.24) is 24.7 Å². The number of aryl methyl sites for hydroxylation is 1. The molecule has 8 heteroatoms. The van der Waals surface area contributed by atoms with E-state index in [2.05, 4.69) is 20.2 Å². The van der Waals surface area contributed by atoms with E-state index in [-0.39, 0.29) is 0 Å². The minimum Gasteiger partial charge on any atom is -0.312 e. The summed E-state index contributed by atoms with van der Waals surface area (Å²) in [7, 11) is 1.90. The molecular weight excluding hydrogens is 290 g/mol. The Morgan fingerprint density at radius 2 is 2.33 bits per heavy atom. The second-order valence-electron chi connectivity index (χ2n) is 3.58. The van der Waals surface area contributed by atoms with Crippen molar-refractivity contribution in [3.63, 3.8) is 0 Å². The molecule has 18 heavy (non-hydrogen) atoms. The maximum absolute atomic E-state index is 6.11. The molecule has 92 valence electrons. The Balaban J connectivity index is 1.84. The average Bonchev–Trinajstić information content (AvgIpc) is 2.95. The summed E-state index contributed by atoms with van der Waals surface area (Å²) in [4.78, 5) is 9.68. The van der Waals surface area contributed by atoms with E-state index in [9.17, 15) is 0 Å². The first kappa shape index (κ1) is 11.9. The largest absolute Gasteiger partial charge is 0.312 e. The predicted molar refractivity (Wildman–Crippen MR) is 73.0 cm³/mol. The van der Waals surface area contributed by atoms with Crippen molar-refractivity contribution in [3.05, 3.63) is 28.8 Å². The molecule has 0 aromatic carbocycles. The van der Waals surface area contributed by atoms with Gasteiger partial charge < -0.3 is 4.57 Å². The zero-order valence-electron chi connectivity index (χ0n) is 9.37. The highest BCUT2D eigenvalue weighted by Crippen LogP contribution is 2.26. The normalized spacial score (nSPS) is 11.2. The zero-order valence-corrected chi connectivity index (χ0v) is 11.8. The smallest absolute Gasteiger partial charge is 0.191 e. The maximum Gasteiger partial charge on any atom is 0.191 e. The van der Waals surface area contributed by atoms with E-state index in [1.54, 1.807) is 17.7 Å². The van der Waals surface area contributed by atoms with Crippen LogP contribution in [0.15, 0.2) is 22.9 Å². The van der Waals surface area contributed by atoms with E-state index in [0.29, 0.717) is 16.7 Å². The Bertz CT molecular complexity index is 692. The molecule has 0 amide bonds. The van der Waals surface area contributed by atoms with Crippen molar-refractivity contribution in [2.24, 2.45) is 7.05 Å². The molecule has 0 aliphatic carbocycles. The molecule has 0 bridgehead atoms. The van der Waals surface area contributed by atoms with Gasteiger partial charge in [0, 0.05) is 12.4 Å². The van der Waals surface area contributed by atoms with Crippen LogP contribution >= 0.6 is 34.7 Å². The monoisotopic (exact) mass is 297 g/mol. The molecule has 0 fully saturated rings. The number of thioether (sulfide) groups is 1. The fraction of sp³-hybridized carbons (Fsp3) is 0.200. The molecule has 0 atom stereocenters. The minimum absolute atomic E-state index is 0.509. The van der Waals surface area contributed by atoms with Gasteiger partial charge in [0.1, 0.15) is 22.1 Å². The number of aromatic nitrogens is 5. The second kappa shape index (κ2) is 4.83. The number of halogens is 1. The predicted octanol–water partition coefficient (Wildman–Crippen LogP) is 2.77. The molecule has 0 saturated carbocycles. The highest BCUT2D eigenvalue weighted by Gasteiger charge is 2.09. The summed E-state index contributed by atoms with van der Waals surface area (Å²) in [6.07, 6.45) is 1.67. The van der Waals surface area contributed by atoms with Crippen LogP contribution in [0.2, 0.25) is 5.15 Å². The summed E-state index contributed by atoms with van der Waals surface area (Å²) in [5.74, 6) is 1.34. The first-order chi connectivity index (χ1) is 8.74. The summed E-state index contributed by atoms with van der Waals surface area (Å²) < 4.78 is 1.86. The van der Waals surface area contributed by atoms with Gasteiger partial charge in [0.15, 0.2) is 5.16 Å². The average molecular weight is 298 g/mol. The first-order valence-electron chi connectivity index (χ1n) is 5.10. The zero-order chi connectivity index (χ0) is 12.5. The number of hydrogen-bond acceptors (Lipinski definition) is 6. The van der Waals surface area contributed by atoms with Crippen molar-refractivity contribution in [2.75, 3.05) is 0 Å². The quantitative estimate of drug-likeness (QED) is 0.549. The Labute approximate surface area is 116 Å². The third kappa shape index (κ3) is 2.21. The van der Waals surface area contributed by atoms with Gasteiger partial charge in [-0.2, -0.15) is 0 Å². The van der Waals surface area contributed by atoms with Crippen LogP contribution in [0, 0.1) is 0 Å². The lowest BCUT2D eigenvalue weighted by atomic mass is 10.4.